The van der Waals surface area contributed by atoms with Gasteiger partial charge in [0.25, 0.3) is 0 Å². The Bertz CT molecular complexity index is 311. The summed E-state index contributed by atoms with van der Waals surface area (Å²) in [6.07, 6.45) is 1.65. The Morgan fingerprint density at radius 2 is 1.93 bits per heavy atom. The van der Waals surface area contributed by atoms with Crippen molar-refractivity contribution in [1.29, 1.82) is 0 Å². The summed E-state index contributed by atoms with van der Waals surface area (Å²) in [5.41, 5.74) is 3.62. The predicted octanol–water partition coefficient (Wildman–Crippen LogP) is 3.29. The van der Waals surface area contributed by atoms with Crippen molar-refractivity contribution < 1.29 is 0 Å². The van der Waals surface area contributed by atoms with Gasteiger partial charge in [0.15, 0.2) is 0 Å². The third kappa shape index (κ3) is 2.16. The first-order valence-corrected chi connectivity index (χ1v) is 5.13. The molecule has 0 aromatic heterocycles. The van der Waals surface area contributed by atoms with E-state index in [1.165, 1.54) is 11.3 Å². The van der Waals surface area contributed by atoms with Gasteiger partial charge in [-0.25, -0.2) is 0 Å². The van der Waals surface area contributed by atoms with Crippen molar-refractivity contribution in [2.24, 2.45) is 0 Å². The fraction of sp³-hybridized carbons (Fsp3) is 0.385. The van der Waals surface area contributed by atoms with E-state index in [-0.39, 0.29) is 0 Å². The Kier molecular flexibility index (Phi) is 3.75. The molecule has 0 atom stereocenters. The van der Waals surface area contributed by atoms with Gasteiger partial charge in [-0.3, -0.25) is 0 Å². The average molecular weight is 188 g/mol. The van der Waals surface area contributed by atoms with Crippen LogP contribution in [0.1, 0.15) is 25.0 Å². The highest BCUT2D eigenvalue weighted by Crippen LogP contribution is 2.19. The van der Waals surface area contributed by atoms with Crippen LogP contribution in [0, 0.1) is 13.5 Å². The van der Waals surface area contributed by atoms with Crippen LogP contribution in [0.2, 0.25) is 0 Å². The minimum Gasteiger partial charge on any atom is -0.372 e. The zero-order valence-electron chi connectivity index (χ0n) is 9.25. The lowest BCUT2D eigenvalue weighted by Gasteiger charge is -2.21. The van der Waals surface area contributed by atoms with Gasteiger partial charge in [-0.2, -0.15) is 0 Å². The first-order valence-electron chi connectivity index (χ1n) is 5.13. The SMILES string of the molecule is [CH]=Cc1ccc(N(CC)CC)cc1C. The number of anilines is 1. The molecule has 14 heavy (non-hydrogen) atoms. The number of nitrogens with zero attached hydrogens (tertiary/aromatic N) is 1. The molecule has 0 heterocycles. The lowest BCUT2D eigenvalue weighted by Crippen LogP contribution is -2.21. The second-order valence-corrected chi connectivity index (χ2v) is 3.38. The van der Waals surface area contributed by atoms with E-state index in [2.05, 4.69) is 43.9 Å². The van der Waals surface area contributed by atoms with Gasteiger partial charge in [0.1, 0.15) is 0 Å². The predicted molar refractivity (Wildman–Crippen MR) is 63.5 cm³/mol. The highest BCUT2D eigenvalue weighted by atomic mass is 15.1. The Morgan fingerprint density at radius 1 is 1.29 bits per heavy atom. The number of hydrogen-bond acceptors (Lipinski definition) is 1. The summed E-state index contributed by atoms with van der Waals surface area (Å²) in [6.45, 7) is 14.0. The lowest BCUT2D eigenvalue weighted by atomic mass is 10.1. The van der Waals surface area contributed by atoms with Crippen molar-refractivity contribution in [3.63, 3.8) is 0 Å². The molecular weight excluding hydrogens is 170 g/mol. The Balaban J connectivity index is 3.00. The third-order valence-electron chi connectivity index (χ3n) is 2.56. The van der Waals surface area contributed by atoms with Crippen LogP contribution in [0.3, 0.4) is 0 Å². The molecule has 0 amide bonds. The normalized spacial score (nSPS) is 9.93. The minimum absolute atomic E-state index is 1.04. The monoisotopic (exact) mass is 188 g/mol. The number of hydrogen-bond donors (Lipinski definition) is 0. The first kappa shape index (κ1) is 10.8. The van der Waals surface area contributed by atoms with E-state index in [9.17, 15) is 0 Å². The summed E-state index contributed by atoms with van der Waals surface area (Å²) in [5.74, 6) is 0. The van der Waals surface area contributed by atoms with Gasteiger partial charge in [-0.1, -0.05) is 18.7 Å². The molecular formula is C13H18N. The maximum atomic E-state index is 5.50. The molecule has 1 aromatic rings. The van der Waals surface area contributed by atoms with Crippen LogP contribution in [-0.2, 0) is 0 Å². The van der Waals surface area contributed by atoms with Crippen molar-refractivity contribution in [3.05, 3.63) is 35.9 Å². The molecule has 0 aliphatic carbocycles. The van der Waals surface area contributed by atoms with E-state index >= 15 is 0 Å². The van der Waals surface area contributed by atoms with Crippen molar-refractivity contribution in [3.8, 4) is 0 Å². The second kappa shape index (κ2) is 4.85. The zero-order chi connectivity index (χ0) is 10.6. The molecule has 0 aliphatic rings. The minimum atomic E-state index is 1.04. The van der Waals surface area contributed by atoms with Gasteiger partial charge in [0.05, 0.1) is 0 Å². The maximum Gasteiger partial charge on any atom is 0.0369 e. The average Bonchev–Trinajstić information content (AvgIpc) is 2.20. The van der Waals surface area contributed by atoms with Crippen molar-refractivity contribution in [2.45, 2.75) is 20.8 Å². The molecule has 0 fully saturated rings. The summed E-state index contributed by atoms with van der Waals surface area (Å²) in [5, 5.41) is 0. The van der Waals surface area contributed by atoms with E-state index in [1.807, 2.05) is 0 Å². The number of rotatable bonds is 4. The van der Waals surface area contributed by atoms with Gasteiger partial charge in [-0.15, -0.1) is 0 Å². The summed E-state index contributed by atoms with van der Waals surface area (Å²) in [4.78, 5) is 2.33. The van der Waals surface area contributed by atoms with Crippen LogP contribution in [0.25, 0.3) is 6.08 Å². The summed E-state index contributed by atoms with van der Waals surface area (Å²) in [7, 11) is 0. The van der Waals surface area contributed by atoms with Gasteiger partial charge in [0.2, 0.25) is 0 Å². The molecule has 1 nitrogen and oxygen atoms in total. The lowest BCUT2D eigenvalue weighted by molar-refractivity contribution is 0.865. The van der Waals surface area contributed by atoms with E-state index in [1.54, 1.807) is 6.08 Å². The molecule has 0 unspecified atom stereocenters. The quantitative estimate of drug-likeness (QED) is 0.701. The van der Waals surface area contributed by atoms with Crippen LogP contribution in [0.4, 0.5) is 5.69 Å². The Hall–Kier alpha value is -1.24. The van der Waals surface area contributed by atoms with Gasteiger partial charge in [0, 0.05) is 18.8 Å². The fourth-order valence-corrected chi connectivity index (χ4v) is 1.63. The standard InChI is InChI=1S/C13H18N/c1-5-12-8-9-13(10-11(12)4)14(6-2)7-3/h1,5,8-10H,6-7H2,2-4H3. The van der Waals surface area contributed by atoms with E-state index < -0.39 is 0 Å². The molecule has 75 valence electrons. The molecule has 1 heteroatoms. The van der Waals surface area contributed by atoms with Gasteiger partial charge >= 0.3 is 0 Å². The molecule has 0 spiro atoms. The van der Waals surface area contributed by atoms with Crippen molar-refractivity contribution in [1.82, 2.24) is 0 Å². The highest BCUT2D eigenvalue weighted by molar-refractivity contribution is 5.58. The molecule has 0 N–H and O–H groups in total. The van der Waals surface area contributed by atoms with Crippen LogP contribution < -0.4 is 4.90 Å². The van der Waals surface area contributed by atoms with E-state index in [0.717, 1.165) is 18.7 Å². The van der Waals surface area contributed by atoms with Crippen LogP contribution in [0.15, 0.2) is 18.2 Å². The van der Waals surface area contributed by atoms with Gasteiger partial charge < -0.3 is 4.90 Å². The van der Waals surface area contributed by atoms with Crippen molar-refractivity contribution in [2.75, 3.05) is 18.0 Å². The topological polar surface area (TPSA) is 3.24 Å². The molecule has 1 rings (SSSR count). The highest BCUT2D eigenvalue weighted by Gasteiger charge is 2.02. The number of benzene rings is 1. The van der Waals surface area contributed by atoms with Gasteiger partial charge in [-0.05, 0) is 44.0 Å². The maximum absolute atomic E-state index is 5.50. The largest absolute Gasteiger partial charge is 0.372 e. The fourth-order valence-electron chi connectivity index (χ4n) is 1.63. The summed E-state index contributed by atoms with van der Waals surface area (Å²) >= 11 is 0. The van der Waals surface area contributed by atoms with E-state index in [0.29, 0.717) is 0 Å². The van der Waals surface area contributed by atoms with Crippen LogP contribution in [0.5, 0.6) is 0 Å². The first-order chi connectivity index (χ1) is 6.72. The number of aryl methyl sites for hydroxylation is 1. The summed E-state index contributed by atoms with van der Waals surface area (Å²) < 4.78 is 0. The smallest absolute Gasteiger partial charge is 0.0369 e. The van der Waals surface area contributed by atoms with Crippen LogP contribution in [-0.4, -0.2) is 13.1 Å². The zero-order valence-corrected chi connectivity index (χ0v) is 9.25. The molecule has 0 bridgehead atoms. The van der Waals surface area contributed by atoms with Crippen LogP contribution >= 0.6 is 0 Å². The molecule has 0 saturated carbocycles. The van der Waals surface area contributed by atoms with E-state index in [4.69, 9.17) is 6.58 Å². The molecule has 1 aromatic carbocycles. The Morgan fingerprint density at radius 3 is 2.36 bits per heavy atom. The summed E-state index contributed by atoms with van der Waals surface area (Å²) in [6, 6.07) is 6.38. The molecule has 1 radical (unpaired) electrons. The van der Waals surface area contributed by atoms with Crippen molar-refractivity contribution >= 4 is 11.8 Å². The molecule has 0 aliphatic heterocycles. The third-order valence-corrected chi connectivity index (χ3v) is 2.56. The second-order valence-electron chi connectivity index (χ2n) is 3.38. The molecule has 0 saturated heterocycles. The Labute approximate surface area is 87.1 Å².